The molecule has 7 heteroatoms. The molecule has 2 atom stereocenters. The maximum atomic E-state index is 13.5. The Morgan fingerprint density at radius 3 is 2.22 bits per heavy atom. The van der Waals surface area contributed by atoms with Crippen LogP contribution >= 0.6 is 0 Å². The molecule has 0 saturated carbocycles. The third-order valence-electron chi connectivity index (χ3n) is 6.53. The first-order chi connectivity index (χ1) is 17.3. The van der Waals surface area contributed by atoms with Crippen LogP contribution in [0.25, 0.3) is 0 Å². The predicted octanol–water partition coefficient (Wildman–Crippen LogP) is 5.28. The summed E-state index contributed by atoms with van der Waals surface area (Å²) in [5, 5.41) is 2.99. The Morgan fingerprint density at radius 1 is 0.861 bits per heavy atom. The van der Waals surface area contributed by atoms with Gasteiger partial charge in [-0.25, -0.2) is 0 Å². The van der Waals surface area contributed by atoms with Gasteiger partial charge in [-0.2, -0.15) is 0 Å². The average Bonchev–Trinajstić information content (AvgIpc) is 2.84. The Hall–Kier alpha value is -3.48. The minimum absolute atomic E-state index is 0.00269. The molecule has 2 unspecified atom stereocenters. The van der Waals surface area contributed by atoms with Crippen LogP contribution in [0.15, 0.2) is 47.7 Å². The highest BCUT2D eigenvalue weighted by atomic mass is 16.5. The van der Waals surface area contributed by atoms with Crippen LogP contribution in [-0.4, -0.2) is 38.1 Å². The molecule has 1 heterocycles. The topological polar surface area (TPSA) is 83.1 Å². The fraction of sp³-hybridized carbons (Fsp3) is 0.448. The van der Waals surface area contributed by atoms with E-state index in [1.165, 1.54) is 0 Å². The number of carbonyl (C=O) groups excluding carboxylic acids is 2. The molecule has 36 heavy (non-hydrogen) atoms. The van der Waals surface area contributed by atoms with Gasteiger partial charge in [-0.15, -0.1) is 0 Å². The monoisotopic (exact) mass is 493 g/mol. The van der Waals surface area contributed by atoms with Gasteiger partial charge in [0.1, 0.15) is 0 Å². The number of rotatable bonds is 9. The molecule has 1 amide bonds. The molecule has 0 radical (unpaired) electrons. The lowest BCUT2D eigenvalue weighted by Gasteiger charge is -2.34. The Morgan fingerprint density at radius 2 is 1.53 bits per heavy atom. The minimum atomic E-state index is -0.315. The quantitative estimate of drug-likeness (QED) is 0.512. The smallest absolute Gasteiger partial charge is 0.225 e. The van der Waals surface area contributed by atoms with E-state index in [1.54, 1.807) is 7.11 Å². The summed E-state index contributed by atoms with van der Waals surface area (Å²) in [4.78, 5) is 26.3. The number of Topliss-reactive ketones (excluding diaryl/α,β-unsaturated/α-hetero) is 1. The van der Waals surface area contributed by atoms with E-state index in [0.717, 1.165) is 11.1 Å². The van der Waals surface area contributed by atoms with Crippen LogP contribution in [-0.2, 0) is 9.59 Å². The molecule has 2 aromatic rings. The van der Waals surface area contributed by atoms with E-state index >= 15 is 0 Å². The van der Waals surface area contributed by atoms with E-state index in [4.69, 9.17) is 18.9 Å². The van der Waals surface area contributed by atoms with Gasteiger partial charge < -0.3 is 24.3 Å². The Bertz CT molecular complexity index is 1170. The van der Waals surface area contributed by atoms with Crippen LogP contribution in [0.1, 0.15) is 69.9 Å². The van der Waals surface area contributed by atoms with Gasteiger partial charge in [0, 0.05) is 30.0 Å². The van der Waals surface area contributed by atoms with Crippen molar-refractivity contribution < 1.29 is 28.5 Å². The molecular formula is C29H35NO6. The average molecular weight is 494 g/mol. The highest BCUT2D eigenvalue weighted by Crippen LogP contribution is 2.45. The van der Waals surface area contributed by atoms with Crippen molar-refractivity contribution in [3.05, 3.63) is 58.8 Å². The summed E-state index contributed by atoms with van der Waals surface area (Å²) >= 11 is 0. The van der Waals surface area contributed by atoms with E-state index in [9.17, 15) is 9.59 Å². The first kappa shape index (κ1) is 25.6. The Labute approximate surface area is 212 Å². The zero-order valence-corrected chi connectivity index (χ0v) is 21.7. The van der Waals surface area contributed by atoms with E-state index < -0.39 is 0 Å². The first-order valence-corrected chi connectivity index (χ1v) is 12.6. The second kappa shape index (κ2) is 11.1. The number of allylic oxidation sites excluding steroid dienone is 2. The molecule has 1 aliphatic carbocycles. The highest BCUT2D eigenvalue weighted by Gasteiger charge is 2.38. The number of methoxy groups -OCH3 is 1. The van der Waals surface area contributed by atoms with Crippen molar-refractivity contribution >= 4 is 11.7 Å². The molecule has 7 nitrogen and oxygen atoms in total. The summed E-state index contributed by atoms with van der Waals surface area (Å²) in [6, 6.07) is 11.5. The van der Waals surface area contributed by atoms with Gasteiger partial charge in [-0.1, -0.05) is 12.1 Å². The zero-order valence-electron chi connectivity index (χ0n) is 21.7. The lowest BCUT2D eigenvalue weighted by molar-refractivity contribution is -0.122. The van der Waals surface area contributed by atoms with Crippen LogP contribution in [0.4, 0.5) is 0 Å². The summed E-state index contributed by atoms with van der Waals surface area (Å²) in [6.07, 6.45) is 1.17. The van der Waals surface area contributed by atoms with Crippen molar-refractivity contribution in [2.45, 2.75) is 64.9 Å². The van der Waals surface area contributed by atoms with Crippen molar-refractivity contribution in [1.82, 2.24) is 5.32 Å². The highest BCUT2D eigenvalue weighted by molar-refractivity contribution is 6.02. The van der Waals surface area contributed by atoms with Crippen LogP contribution in [0.5, 0.6) is 23.0 Å². The van der Waals surface area contributed by atoms with E-state index in [2.05, 4.69) is 5.32 Å². The van der Waals surface area contributed by atoms with Gasteiger partial charge in [-0.3, -0.25) is 9.59 Å². The van der Waals surface area contributed by atoms with Gasteiger partial charge in [0.2, 0.25) is 5.91 Å². The van der Waals surface area contributed by atoms with Gasteiger partial charge in [-0.05, 0) is 75.4 Å². The van der Waals surface area contributed by atoms with Crippen molar-refractivity contribution in [2.24, 2.45) is 0 Å². The molecule has 0 bridgehead atoms. The van der Waals surface area contributed by atoms with Crippen LogP contribution < -0.4 is 24.3 Å². The molecule has 0 fully saturated rings. The third-order valence-corrected chi connectivity index (χ3v) is 6.53. The Kier molecular flexibility index (Phi) is 7.87. The minimum Gasteiger partial charge on any atom is -0.493 e. The van der Waals surface area contributed by atoms with E-state index in [-0.39, 0.29) is 36.1 Å². The molecule has 0 aromatic heterocycles. The summed E-state index contributed by atoms with van der Waals surface area (Å²) < 4.78 is 22.9. The summed E-state index contributed by atoms with van der Waals surface area (Å²) in [5.41, 5.74) is 3.28. The normalized spacial score (nSPS) is 19.6. The van der Waals surface area contributed by atoms with Crippen LogP contribution in [0.3, 0.4) is 0 Å². The molecule has 1 N–H and O–H groups in total. The van der Waals surface area contributed by atoms with Crippen molar-refractivity contribution in [3.8, 4) is 23.0 Å². The molecule has 2 aromatic carbocycles. The fourth-order valence-electron chi connectivity index (χ4n) is 5.05. The first-order valence-electron chi connectivity index (χ1n) is 12.6. The molecule has 4 rings (SSSR count). The van der Waals surface area contributed by atoms with Crippen molar-refractivity contribution in [1.29, 1.82) is 0 Å². The molecule has 2 aliphatic rings. The predicted molar refractivity (Wildman–Crippen MR) is 137 cm³/mol. The molecule has 192 valence electrons. The molecular weight excluding hydrogens is 458 g/mol. The standard InChI is InChI=1S/C29H35NO6/c1-6-34-24-10-8-18(14-26(24)33-5)20-12-22-29(23(31)13-20)21(16-28(32)30-22)19-9-11-25(36-17(3)4)27(15-19)35-7-2/h8-11,14-15,17,20-21H,6-7,12-13,16H2,1-5H3,(H,30,32). The third kappa shape index (κ3) is 5.35. The fourth-order valence-corrected chi connectivity index (χ4v) is 5.05. The second-order valence-electron chi connectivity index (χ2n) is 9.37. The zero-order chi connectivity index (χ0) is 25.8. The summed E-state index contributed by atoms with van der Waals surface area (Å²) in [5.74, 6) is 2.19. The largest absolute Gasteiger partial charge is 0.493 e. The van der Waals surface area contributed by atoms with Crippen molar-refractivity contribution in [2.75, 3.05) is 20.3 Å². The number of carbonyl (C=O) groups is 2. The van der Waals surface area contributed by atoms with Gasteiger partial charge in [0.25, 0.3) is 0 Å². The maximum absolute atomic E-state index is 13.5. The summed E-state index contributed by atoms with van der Waals surface area (Å²) in [6.45, 7) is 8.79. The van der Waals surface area contributed by atoms with E-state index in [1.807, 2.05) is 64.1 Å². The van der Waals surface area contributed by atoms with Gasteiger partial charge >= 0.3 is 0 Å². The number of ether oxygens (including phenoxy) is 4. The van der Waals surface area contributed by atoms with E-state index in [0.29, 0.717) is 60.3 Å². The number of ketones is 1. The van der Waals surface area contributed by atoms with Crippen LogP contribution in [0, 0.1) is 0 Å². The van der Waals surface area contributed by atoms with Crippen molar-refractivity contribution in [3.63, 3.8) is 0 Å². The lowest BCUT2D eigenvalue weighted by Crippen LogP contribution is -2.38. The number of amides is 1. The SMILES string of the molecule is CCOc1ccc(C2CC(=O)C3=C(C2)NC(=O)CC3c2ccc(OC(C)C)c(OCC)c2)cc1OC. The second-order valence-corrected chi connectivity index (χ2v) is 9.37. The number of hydrogen-bond acceptors (Lipinski definition) is 6. The molecule has 0 saturated heterocycles. The lowest BCUT2D eigenvalue weighted by atomic mass is 9.73. The number of hydrogen-bond donors (Lipinski definition) is 1. The number of benzene rings is 2. The molecule has 1 aliphatic heterocycles. The van der Waals surface area contributed by atoms with Gasteiger partial charge in [0.15, 0.2) is 28.8 Å². The van der Waals surface area contributed by atoms with Gasteiger partial charge in [0.05, 0.1) is 26.4 Å². The Balaban J connectivity index is 1.67. The summed E-state index contributed by atoms with van der Waals surface area (Å²) in [7, 11) is 1.61. The number of nitrogens with one attached hydrogen (secondary N) is 1. The molecule has 0 spiro atoms. The maximum Gasteiger partial charge on any atom is 0.225 e. The van der Waals surface area contributed by atoms with Crippen LogP contribution in [0.2, 0.25) is 0 Å².